The molecule has 10 heteroatoms. The Morgan fingerprint density at radius 2 is 1.32 bits per heavy atom. The maximum absolute atomic E-state index is 11.5. The highest BCUT2D eigenvalue weighted by Crippen LogP contribution is 2.19. The van der Waals surface area contributed by atoms with Gasteiger partial charge in [0.25, 0.3) is 0 Å². The molecule has 0 aliphatic rings. The first kappa shape index (κ1) is 16.8. The molecular formula is C12H11N5O5. The van der Waals surface area contributed by atoms with Gasteiger partial charge >= 0.3 is 17.9 Å². The molecule has 1 heterocycles. The van der Waals surface area contributed by atoms with Crippen LogP contribution in [0, 0.1) is 22.7 Å². The van der Waals surface area contributed by atoms with Gasteiger partial charge in [-0.25, -0.2) is 4.98 Å². The summed E-state index contributed by atoms with van der Waals surface area (Å²) in [5.41, 5.74) is 0. The summed E-state index contributed by atoms with van der Waals surface area (Å²) < 4.78 is 13.8. The number of hydrogen-bond donors (Lipinski definition) is 0. The molecule has 2 atom stereocenters. The van der Waals surface area contributed by atoms with Crippen molar-refractivity contribution in [1.82, 2.24) is 15.0 Å². The van der Waals surface area contributed by atoms with Gasteiger partial charge in [0, 0.05) is 0 Å². The quantitative estimate of drug-likeness (QED) is 0.648. The Bertz CT molecular complexity index is 611. The van der Waals surface area contributed by atoms with Gasteiger partial charge in [0.2, 0.25) is 11.8 Å². The number of carbonyl (C=O) groups excluding carboxylic acids is 2. The first-order chi connectivity index (χ1) is 10.5. The van der Waals surface area contributed by atoms with Gasteiger partial charge in [-0.1, -0.05) is 0 Å². The number of hydrogen-bond acceptors (Lipinski definition) is 10. The number of methoxy groups -OCH3 is 3. The maximum atomic E-state index is 11.5. The summed E-state index contributed by atoms with van der Waals surface area (Å²) in [6.07, 6.45) is 0. The molecule has 2 unspecified atom stereocenters. The van der Waals surface area contributed by atoms with Gasteiger partial charge < -0.3 is 14.2 Å². The average Bonchev–Trinajstić information content (AvgIpc) is 2.55. The molecule has 0 spiro atoms. The van der Waals surface area contributed by atoms with Crippen LogP contribution in [0.2, 0.25) is 0 Å². The minimum absolute atomic E-state index is 0.256. The first-order valence-electron chi connectivity index (χ1n) is 5.77. The van der Waals surface area contributed by atoms with Crippen molar-refractivity contribution >= 4 is 11.9 Å². The van der Waals surface area contributed by atoms with Gasteiger partial charge in [-0.05, 0) is 0 Å². The van der Waals surface area contributed by atoms with Crippen molar-refractivity contribution in [3.63, 3.8) is 0 Å². The fraction of sp³-hybridized carbons (Fsp3) is 0.417. The van der Waals surface area contributed by atoms with Crippen LogP contribution in [0.25, 0.3) is 0 Å². The Labute approximate surface area is 125 Å². The predicted molar refractivity (Wildman–Crippen MR) is 67.1 cm³/mol. The van der Waals surface area contributed by atoms with Gasteiger partial charge in [-0.15, -0.1) is 0 Å². The van der Waals surface area contributed by atoms with Crippen LogP contribution in [-0.4, -0.2) is 48.2 Å². The van der Waals surface area contributed by atoms with Crippen LogP contribution >= 0.6 is 0 Å². The number of nitriles is 2. The lowest BCUT2D eigenvalue weighted by molar-refractivity contribution is -0.141. The van der Waals surface area contributed by atoms with Crippen molar-refractivity contribution in [2.75, 3.05) is 21.3 Å². The van der Waals surface area contributed by atoms with E-state index in [2.05, 4.69) is 24.4 Å². The second kappa shape index (κ2) is 7.50. The number of carbonyl (C=O) groups is 2. The van der Waals surface area contributed by atoms with E-state index in [1.807, 2.05) is 0 Å². The van der Waals surface area contributed by atoms with Crippen LogP contribution in [0.4, 0.5) is 0 Å². The number of nitrogens with zero attached hydrogens (tertiary/aromatic N) is 5. The summed E-state index contributed by atoms with van der Waals surface area (Å²) in [6, 6.07) is 3.08. The van der Waals surface area contributed by atoms with E-state index in [-0.39, 0.29) is 17.7 Å². The molecule has 0 N–H and O–H groups in total. The standard InChI is InChI=1S/C12H11N5O5/c1-20-10(18)6(4-13)8-15-9(17-12(16-8)22-3)7(5-14)11(19)21-2/h6-7H,1-3H3. The predicted octanol–water partition coefficient (Wildman–Crippen LogP) is -0.559. The molecule has 114 valence electrons. The number of esters is 2. The molecule has 0 saturated carbocycles. The Kier molecular flexibility index (Phi) is 5.72. The molecule has 0 bridgehead atoms. The molecule has 1 aromatic heterocycles. The van der Waals surface area contributed by atoms with Crippen molar-refractivity contribution in [3.05, 3.63) is 11.6 Å². The van der Waals surface area contributed by atoms with Gasteiger partial charge in [0.05, 0.1) is 33.5 Å². The topological polar surface area (TPSA) is 148 Å². The van der Waals surface area contributed by atoms with Crippen molar-refractivity contribution in [1.29, 1.82) is 10.5 Å². The van der Waals surface area contributed by atoms with E-state index in [1.165, 1.54) is 7.11 Å². The number of rotatable bonds is 5. The van der Waals surface area contributed by atoms with Gasteiger partial charge in [0.15, 0.2) is 11.6 Å². The highest BCUT2D eigenvalue weighted by atomic mass is 16.5. The van der Waals surface area contributed by atoms with Gasteiger partial charge in [0.1, 0.15) is 0 Å². The monoisotopic (exact) mass is 305 g/mol. The average molecular weight is 305 g/mol. The molecule has 1 rings (SSSR count). The summed E-state index contributed by atoms with van der Waals surface area (Å²) in [4.78, 5) is 34.4. The normalized spacial score (nSPS) is 12.2. The molecule has 0 fully saturated rings. The van der Waals surface area contributed by atoms with E-state index in [0.717, 1.165) is 14.2 Å². The van der Waals surface area contributed by atoms with Crippen LogP contribution in [0.15, 0.2) is 0 Å². The van der Waals surface area contributed by atoms with E-state index >= 15 is 0 Å². The second-order valence-electron chi connectivity index (χ2n) is 3.71. The zero-order chi connectivity index (χ0) is 16.7. The third-order valence-corrected chi connectivity index (χ3v) is 2.48. The Balaban J connectivity index is 3.41. The Morgan fingerprint density at radius 1 is 0.909 bits per heavy atom. The molecule has 0 aliphatic heterocycles. The fourth-order valence-electron chi connectivity index (χ4n) is 1.41. The lowest BCUT2D eigenvalue weighted by Gasteiger charge is -2.10. The molecule has 0 saturated heterocycles. The van der Waals surface area contributed by atoms with Crippen molar-refractivity contribution < 1.29 is 23.8 Å². The van der Waals surface area contributed by atoms with E-state index in [0.29, 0.717) is 0 Å². The van der Waals surface area contributed by atoms with E-state index in [1.54, 1.807) is 12.1 Å². The van der Waals surface area contributed by atoms with Crippen molar-refractivity contribution in [2.24, 2.45) is 0 Å². The molecule has 1 aromatic rings. The smallest absolute Gasteiger partial charge is 0.331 e. The Hall–Kier alpha value is -3.27. The second-order valence-corrected chi connectivity index (χ2v) is 3.71. The molecule has 0 radical (unpaired) electrons. The van der Waals surface area contributed by atoms with Crippen molar-refractivity contribution in [3.8, 4) is 18.1 Å². The molecule has 0 aromatic carbocycles. The van der Waals surface area contributed by atoms with Gasteiger partial charge in [-0.3, -0.25) is 9.59 Å². The van der Waals surface area contributed by atoms with Crippen LogP contribution in [0.5, 0.6) is 6.01 Å². The zero-order valence-corrected chi connectivity index (χ0v) is 11.9. The number of ether oxygens (including phenoxy) is 3. The number of aromatic nitrogens is 3. The van der Waals surface area contributed by atoms with Crippen LogP contribution in [-0.2, 0) is 19.1 Å². The van der Waals surface area contributed by atoms with Crippen LogP contribution in [0.1, 0.15) is 23.5 Å². The molecule has 0 aliphatic carbocycles. The van der Waals surface area contributed by atoms with Gasteiger partial charge in [-0.2, -0.15) is 20.5 Å². The first-order valence-corrected chi connectivity index (χ1v) is 5.77. The van der Waals surface area contributed by atoms with E-state index in [4.69, 9.17) is 15.3 Å². The summed E-state index contributed by atoms with van der Waals surface area (Å²) >= 11 is 0. The third-order valence-electron chi connectivity index (χ3n) is 2.48. The zero-order valence-electron chi connectivity index (χ0n) is 11.9. The molecule has 10 nitrogen and oxygen atoms in total. The maximum Gasteiger partial charge on any atom is 0.331 e. The molecule has 22 heavy (non-hydrogen) atoms. The summed E-state index contributed by atoms with van der Waals surface area (Å²) in [6.45, 7) is 0. The van der Waals surface area contributed by atoms with Crippen LogP contribution in [0.3, 0.4) is 0 Å². The highest BCUT2D eigenvalue weighted by molar-refractivity contribution is 5.81. The van der Waals surface area contributed by atoms with Crippen LogP contribution < -0.4 is 4.74 Å². The lowest BCUT2D eigenvalue weighted by atomic mass is 10.1. The summed E-state index contributed by atoms with van der Waals surface area (Å²) in [7, 11) is 3.43. The third kappa shape index (κ3) is 3.43. The molecule has 0 amide bonds. The lowest BCUT2D eigenvalue weighted by Crippen LogP contribution is -2.21. The van der Waals surface area contributed by atoms with E-state index < -0.39 is 23.8 Å². The van der Waals surface area contributed by atoms with E-state index in [9.17, 15) is 9.59 Å². The van der Waals surface area contributed by atoms with Crippen molar-refractivity contribution in [2.45, 2.75) is 11.8 Å². The fourth-order valence-corrected chi connectivity index (χ4v) is 1.41. The SMILES string of the molecule is COC(=O)C(C#N)c1nc(OC)nc(C(C#N)C(=O)OC)n1. The summed E-state index contributed by atoms with van der Waals surface area (Å²) in [5, 5.41) is 18.1. The summed E-state index contributed by atoms with van der Waals surface area (Å²) in [5.74, 6) is -5.27. The minimum Gasteiger partial charge on any atom is -0.468 e. The Morgan fingerprint density at radius 3 is 1.59 bits per heavy atom. The molecular weight excluding hydrogens is 294 g/mol. The largest absolute Gasteiger partial charge is 0.468 e. The minimum atomic E-state index is -1.45. The highest BCUT2D eigenvalue weighted by Gasteiger charge is 2.30.